The highest BCUT2D eigenvalue weighted by Crippen LogP contribution is 2.40. The topological polar surface area (TPSA) is 82.4 Å². The van der Waals surface area contributed by atoms with Gasteiger partial charge in [0.25, 0.3) is 5.91 Å². The summed E-state index contributed by atoms with van der Waals surface area (Å²) in [6.07, 6.45) is 3.30. The Hall–Kier alpha value is -2.83. The van der Waals surface area contributed by atoms with E-state index in [1.54, 1.807) is 0 Å². The Morgan fingerprint density at radius 2 is 2.11 bits per heavy atom. The van der Waals surface area contributed by atoms with E-state index in [1.165, 1.54) is 12.1 Å². The first-order valence-corrected chi connectivity index (χ1v) is 9.62. The van der Waals surface area contributed by atoms with Gasteiger partial charge in [0.2, 0.25) is 5.91 Å². The number of H-pyrrole nitrogens is 1. The van der Waals surface area contributed by atoms with E-state index < -0.39 is 11.7 Å². The summed E-state index contributed by atoms with van der Waals surface area (Å²) in [5, 5.41) is 0.701. The molecule has 4 rings (SSSR count). The van der Waals surface area contributed by atoms with E-state index in [9.17, 15) is 9.59 Å². The highest BCUT2D eigenvalue weighted by Gasteiger charge is 2.41. The number of carbonyl (C=O) groups excluding carboxylic acids is 2. The average molecular weight is 384 g/mol. The van der Waals surface area contributed by atoms with Gasteiger partial charge in [-0.25, -0.2) is 4.39 Å². The predicted octanol–water partition coefficient (Wildman–Crippen LogP) is 2.64. The number of likely N-dealkylation sites (tertiary alicyclic amines) is 1. The van der Waals surface area contributed by atoms with Crippen LogP contribution in [0.5, 0.6) is 0 Å². The molecule has 0 spiro atoms. The first-order valence-electron chi connectivity index (χ1n) is 9.62. The average Bonchev–Trinajstić information content (AvgIpc) is 3.22. The van der Waals surface area contributed by atoms with Crippen molar-refractivity contribution in [3.63, 3.8) is 0 Å². The summed E-state index contributed by atoms with van der Waals surface area (Å²) < 4.78 is 15.2. The third-order valence-electron chi connectivity index (χ3n) is 6.32. The molecule has 2 aromatic rings. The number of hydrogen-bond donors (Lipinski definition) is 2. The summed E-state index contributed by atoms with van der Waals surface area (Å²) in [5.41, 5.74) is 8.49. The minimum absolute atomic E-state index is 0.0462. The number of rotatable bonds is 3. The van der Waals surface area contributed by atoms with Crippen LogP contribution < -0.4 is 10.6 Å². The van der Waals surface area contributed by atoms with Crippen LogP contribution in [0.2, 0.25) is 0 Å². The highest BCUT2D eigenvalue weighted by molar-refractivity contribution is 6.10. The van der Waals surface area contributed by atoms with Crippen LogP contribution in [0.25, 0.3) is 10.9 Å². The quantitative estimate of drug-likeness (QED) is 0.798. The van der Waals surface area contributed by atoms with Crippen molar-refractivity contribution in [3.05, 3.63) is 41.4 Å². The van der Waals surface area contributed by atoms with E-state index in [-0.39, 0.29) is 17.5 Å². The lowest BCUT2D eigenvalue weighted by Gasteiger charge is -2.36. The molecule has 1 aromatic carbocycles. The molecule has 7 heteroatoms. The molecule has 2 aliphatic rings. The van der Waals surface area contributed by atoms with Crippen LogP contribution in [-0.4, -0.2) is 47.4 Å². The maximum absolute atomic E-state index is 15.2. The van der Waals surface area contributed by atoms with Gasteiger partial charge in [0.15, 0.2) is 0 Å². The fraction of sp³-hybridized carbons (Fsp3) is 0.429. The first-order chi connectivity index (χ1) is 13.3. The third-order valence-corrected chi connectivity index (χ3v) is 6.32. The van der Waals surface area contributed by atoms with Crippen molar-refractivity contribution in [3.8, 4) is 0 Å². The van der Waals surface area contributed by atoms with Crippen molar-refractivity contribution < 1.29 is 14.0 Å². The molecular formula is C21H25FN4O2. The van der Waals surface area contributed by atoms with Gasteiger partial charge < -0.3 is 20.5 Å². The molecule has 3 heterocycles. The van der Waals surface area contributed by atoms with Gasteiger partial charge in [-0.15, -0.1) is 0 Å². The van der Waals surface area contributed by atoms with Crippen molar-refractivity contribution in [2.24, 2.45) is 11.7 Å². The fourth-order valence-corrected chi connectivity index (χ4v) is 4.86. The third kappa shape index (κ3) is 2.68. The van der Waals surface area contributed by atoms with Gasteiger partial charge in [-0.1, -0.05) is 6.58 Å². The number of fused-ring (bicyclic) bond motifs is 2. The number of nitrogens with two attached hydrogens (primary N) is 1. The Kier molecular flexibility index (Phi) is 4.40. The molecule has 0 unspecified atom stereocenters. The summed E-state index contributed by atoms with van der Waals surface area (Å²) in [4.78, 5) is 31.2. The molecule has 2 fully saturated rings. The molecule has 28 heavy (non-hydrogen) atoms. The monoisotopic (exact) mass is 384 g/mol. The molecule has 2 aliphatic heterocycles. The van der Waals surface area contributed by atoms with Gasteiger partial charge in [-0.2, -0.15) is 0 Å². The van der Waals surface area contributed by atoms with Crippen LogP contribution in [0.4, 0.5) is 10.1 Å². The number of aromatic nitrogens is 1. The molecule has 0 radical (unpaired) electrons. The maximum Gasteiger partial charge on any atom is 0.250 e. The predicted molar refractivity (Wildman–Crippen MR) is 107 cm³/mol. The van der Waals surface area contributed by atoms with Crippen molar-refractivity contribution in [2.45, 2.75) is 32.7 Å². The lowest BCUT2D eigenvalue weighted by Crippen LogP contribution is -2.47. The lowest BCUT2D eigenvalue weighted by atomic mass is 9.92. The number of nitrogens with one attached hydrogen (secondary N) is 1. The molecule has 2 saturated heterocycles. The van der Waals surface area contributed by atoms with Gasteiger partial charge in [-0.3, -0.25) is 9.59 Å². The standard InChI is InChI=1S/C21H25FN4O2/c1-4-17(27)26-7-5-6-13-9-25(10-16(13)26)20-15(22)8-14(21(23)28)19-18(20)11(2)12(3)24-19/h4,8,13,16,24H,1,5-7,9-10H2,2-3H3,(H2,23,28)/t13-,16+/m0/s1. The second-order valence-corrected chi connectivity index (χ2v) is 7.85. The van der Waals surface area contributed by atoms with Gasteiger partial charge >= 0.3 is 0 Å². The Labute approximate surface area is 163 Å². The molecular weight excluding hydrogens is 359 g/mol. The molecule has 3 N–H and O–H groups in total. The van der Waals surface area contributed by atoms with Crippen molar-refractivity contribution in [1.82, 2.24) is 9.88 Å². The number of nitrogens with zero attached hydrogens (tertiary/aromatic N) is 2. The number of amides is 2. The van der Waals surface area contributed by atoms with Gasteiger partial charge in [-0.05, 0) is 50.3 Å². The first kappa shape index (κ1) is 18.5. The number of halogens is 1. The zero-order chi connectivity index (χ0) is 20.2. The van der Waals surface area contributed by atoms with E-state index in [0.29, 0.717) is 42.1 Å². The minimum Gasteiger partial charge on any atom is -0.366 e. The van der Waals surface area contributed by atoms with Crippen LogP contribution in [-0.2, 0) is 4.79 Å². The lowest BCUT2D eigenvalue weighted by molar-refractivity contribution is -0.130. The van der Waals surface area contributed by atoms with E-state index in [0.717, 1.165) is 24.1 Å². The molecule has 2 atom stereocenters. The van der Waals surface area contributed by atoms with Crippen LogP contribution in [0, 0.1) is 25.6 Å². The number of hydrogen-bond acceptors (Lipinski definition) is 3. The van der Waals surface area contributed by atoms with Crippen molar-refractivity contribution in [2.75, 3.05) is 24.5 Å². The maximum atomic E-state index is 15.2. The normalized spacial score (nSPS) is 21.8. The number of anilines is 1. The molecule has 6 nitrogen and oxygen atoms in total. The van der Waals surface area contributed by atoms with E-state index >= 15 is 4.39 Å². The van der Waals surface area contributed by atoms with E-state index in [4.69, 9.17) is 5.73 Å². The zero-order valence-corrected chi connectivity index (χ0v) is 16.2. The molecule has 0 aliphatic carbocycles. The van der Waals surface area contributed by atoms with Crippen molar-refractivity contribution in [1.29, 1.82) is 0 Å². The number of carbonyl (C=O) groups is 2. The van der Waals surface area contributed by atoms with Gasteiger partial charge in [0, 0.05) is 30.7 Å². The summed E-state index contributed by atoms with van der Waals surface area (Å²) >= 11 is 0. The Bertz CT molecular complexity index is 996. The molecule has 2 amide bonds. The number of primary amides is 1. The fourth-order valence-electron chi connectivity index (χ4n) is 4.86. The summed E-state index contributed by atoms with van der Waals surface area (Å²) in [5.74, 6) is -0.888. The molecule has 0 saturated carbocycles. The number of piperidine rings is 1. The van der Waals surface area contributed by atoms with Gasteiger partial charge in [0.1, 0.15) is 5.82 Å². The largest absolute Gasteiger partial charge is 0.366 e. The molecule has 1 aromatic heterocycles. The smallest absolute Gasteiger partial charge is 0.250 e. The highest BCUT2D eigenvalue weighted by atomic mass is 19.1. The minimum atomic E-state index is -0.658. The number of benzene rings is 1. The zero-order valence-electron chi connectivity index (χ0n) is 16.2. The van der Waals surface area contributed by atoms with Crippen molar-refractivity contribution >= 4 is 28.4 Å². The molecule has 148 valence electrons. The Morgan fingerprint density at radius 1 is 1.36 bits per heavy atom. The summed E-state index contributed by atoms with van der Waals surface area (Å²) in [6, 6.07) is 1.27. The van der Waals surface area contributed by atoms with E-state index in [2.05, 4.69) is 11.6 Å². The molecule has 0 bridgehead atoms. The number of aromatic amines is 1. The van der Waals surface area contributed by atoms with Crippen LogP contribution in [0.15, 0.2) is 18.7 Å². The van der Waals surface area contributed by atoms with Gasteiger partial charge in [0.05, 0.1) is 22.8 Å². The second kappa shape index (κ2) is 6.65. The Balaban J connectivity index is 1.81. The van der Waals surface area contributed by atoms with Crippen LogP contribution in [0.3, 0.4) is 0 Å². The summed E-state index contributed by atoms with van der Waals surface area (Å²) in [7, 11) is 0. The van der Waals surface area contributed by atoms with Crippen LogP contribution >= 0.6 is 0 Å². The summed E-state index contributed by atoms with van der Waals surface area (Å²) in [6.45, 7) is 9.38. The second-order valence-electron chi connectivity index (χ2n) is 7.85. The Morgan fingerprint density at radius 3 is 2.79 bits per heavy atom. The van der Waals surface area contributed by atoms with E-state index in [1.807, 2.05) is 23.6 Å². The SMILES string of the molecule is C=CC(=O)N1CCC[C@H]2CN(c3c(F)cc(C(N)=O)c4[nH]c(C)c(C)c34)C[C@H]21. The van der Waals surface area contributed by atoms with Crippen LogP contribution in [0.1, 0.15) is 34.5 Å². The number of aryl methyl sites for hydroxylation is 2.